The van der Waals surface area contributed by atoms with Gasteiger partial charge >= 0.3 is 6.18 Å². The van der Waals surface area contributed by atoms with Gasteiger partial charge in [0.05, 0.1) is 12.1 Å². The lowest BCUT2D eigenvalue weighted by Crippen LogP contribution is -2.53. The van der Waals surface area contributed by atoms with E-state index in [4.69, 9.17) is 0 Å². The quantitative estimate of drug-likeness (QED) is 0.335. The zero-order chi connectivity index (χ0) is 25.1. The molecule has 0 saturated heterocycles. The van der Waals surface area contributed by atoms with E-state index < -0.39 is 41.8 Å². The highest BCUT2D eigenvalue weighted by Gasteiger charge is 2.48. The third-order valence-electron chi connectivity index (χ3n) is 5.70. The lowest BCUT2D eigenvalue weighted by atomic mass is 9.96. The van der Waals surface area contributed by atoms with Crippen molar-refractivity contribution < 1.29 is 22.4 Å². The molecule has 182 valence electrons. The molecular formula is C25H27F4N3OS. The Balaban J connectivity index is 1.85. The normalized spacial score (nSPS) is 16.9. The molecule has 0 heterocycles. The van der Waals surface area contributed by atoms with Crippen LogP contribution in [-0.2, 0) is 4.79 Å². The monoisotopic (exact) mass is 493 g/mol. The fourth-order valence-corrected chi connectivity index (χ4v) is 4.07. The number of benzene rings is 2. The van der Waals surface area contributed by atoms with Crippen molar-refractivity contribution in [3.8, 4) is 17.2 Å². The molecule has 1 amide bonds. The first-order valence-electron chi connectivity index (χ1n) is 10.9. The van der Waals surface area contributed by atoms with Crippen molar-refractivity contribution in [2.75, 3.05) is 6.26 Å². The predicted octanol–water partition coefficient (Wildman–Crippen LogP) is 5.95. The number of carbonyl (C=O) groups is 1. The van der Waals surface area contributed by atoms with Crippen LogP contribution >= 0.6 is 11.8 Å². The second-order valence-corrected chi connectivity index (χ2v) is 10.0. The van der Waals surface area contributed by atoms with Crippen LogP contribution in [0, 0.1) is 11.3 Å². The molecule has 0 bridgehead atoms. The molecule has 2 atom stereocenters. The first kappa shape index (κ1) is 26.0. The smallest absolute Gasteiger partial charge is 0.336 e. The molecule has 2 aromatic carbocycles. The summed E-state index contributed by atoms with van der Waals surface area (Å²) in [4.78, 5) is 13.8. The van der Waals surface area contributed by atoms with Crippen molar-refractivity contribution in [1.29, 1.82) is 5.26 Å². The van der Waals surface area contributed by atoms with E-state index in [0.29, 0.717) is 12.8 Å². The summed E-state index contributed by atoms with van der Waals surface area (Å²) in [6, 6.07) is 11.9. The SMILES string of the molecule is CSc1ccc(-c2ccc(C(NC(CC(C)(C)F)C(=O)NC3(C#N)CC3)C(F)(F)F)cc2)cc1. The van der Waals surface area contributed by atoms with E-state index in [1.807, 2.05) is 36.6 Å². The molecule has 1 aliphatic rings. The van der Waals surface area contributed by atoms with Crippen LogP contribution in [0.25, 0.3) is 11.1 Å². The highest BCUT2D eigenvalue weighted by molar-refractivity contribution is 7.98. The van der Waals surface area contributed by atoms with Crippen LogP contribution in [0.1, 0.15) is 44.7 Å². The van der Waals surface area contributed by atoms with Crippen molar-refractivity contribution in [3.63, 3.8) is 0 Å². The number of nitriles is 1. The molecule has 1 saturated carbocycles. The van der Waals surface area contributed by atoms with Gasteiger partial charge in [0.15, 0.2) is 0 Å². The Morgan fingerprint density at radius 1 is 1.06 bits per heavy atom. The number of amides is 1. The summed E-state index contributed by atoms with van der Waals surface area (Å²) >= 11 is 1.59. The molecule has 0 aliphatic heterocycles. The van der Waals surface area contributed by atoms with E-state index in [1.165, 1.54) is 26.0 Å². The van der Waals surface area contributed by atoms with Crippen LogP contribution in [0.15, 0.2) is 53.4 Å². The van der Waals surface area contributed by atoms with E-state index in [-0.39, 0.29) is 5.56 Å². The second kappa shape index (κ2) is 9.96. The van der Waals surface area contributed by atoms with Crippen LogP contribution < -0.4 is 10.6 Å². The Morgan fingerprint density at radius 3 is 2.00 bits per heavy atom. The van der Waals surface area contributed by atoms with Crippen LogP contribution in [-0.4, -0.2) is 35.6 Å². The lowest BCUT2D eigenvalue weighted by molar-refractivity contribution is -0.161. The number of rotatable bonds is 9. The molecule has 0 spiro atoms. The van der Waals surface area contributed by atoms with E-state index in [2.05, 4.69) is 10.6 Å². The number of carbonyl (C=O) groups excluding carboxylic acids is 1. The van der Waals surface area contributed by atoms with E-state index in [9.17, 15) is 27.6 Å². The van der Waals surface area contributed by atoms with Gasteiger partial charge in [0.1, 0.15) is 17.2 Å². The topological polar surface area (TPSA) is 64.9 Å². The molecule has 9 heteroatoms. The first-order valence-corrected chi connectivity index (χ1v) is 12.1. The molecule has 1 fully saturated rings. The van der Waals surface area contributed by atoms with Crippen molar-refractivity contribution in [2.24, 2.45) is 0 Å². The summed E-state index contributed by atoms with van der Waals surface area (Å²) in [7, 11) is 0. The first-order chi connectivity index (χ1) is 15.9. The van der Waals surface area contributed by atoms with Gasteiger partial charge in [-0.15, -0.1) is 11.8 Å². The number of alkyl halides is 4. The Bertz CT molecular complexity index is 1040. The summed E-state index contributed by atoms with van der Waals surface area (Å²) in [5.74, 6) is -0.815. The summed E-state index contributed by atoms with van der Waals surface area (Å²) < 4.78 is 56.5. The molecule has 2 aromatic rings. The lowest BCUT2D eigenvalue weighted by Gasteiger charge is -2.30. The minimum Gasteiger partial charge on any atom is -0.336 e. The van der Waals surface area contributed by atoms with Gasteiger partial charge in [0.25, 0.3) is 0 Å². The van der Waals surface area contributed by atoms with Gasteiger partial charge in [0.2, 0.25) is 5.91 Å². The molecule has 1 aliphatic carbocycles. The number of halogens is 4. The van der Waals surface area contributed by atoms with Gasteiger partial charge in [-0.2, -0.15) is 18.4 Å². The number of nitrogens with one attached hydrogen (secondary N) is 2. The summed E-state index contributed by atoms with van der Waals surface area (Å²) in [6.45, 7) is 2.40. The molecule has 0 aromatic heterocycles. The van der Waals surface area contributed by atoms with E-state index in [1.54, 1.807) is 23.9 Å². The summed E-state index contributed by atoms with van der Waals surface area (Å²) in [5, 5.41) is 14.0. The minimum absolute atomic E-state index is 0.0899. The molecule has 0 radical (unpaired) electrons. The second-order valence-electron chi connectivity index (χ2n) is 9.15. The fraction of sp³-hybridized carbons (Fsp3) is 0.440. The molecule has 34 heavy (non-hydrogen) atoms. The number of hydrogen-bond donors (Lipinski definition) is 2. The standard InChI is InChI=1S/C25H27F4N3OS/c1-23(2,26)14-20(22(33)32-24(15-30)12-13-24)31-21(25(27,28)29)18-6-4-16(5-7-18)17-8-10-19(34-3)11-9-17/h4-11,20-21,31H,12-14H2,1-3H3,(H,32,33). The van der Waals surface area contributed by atoms with Gasteiger partial charge in [0, 0.05) is 11.3 Å². The Kier molecular flexibility index (Phi) is 7.63. The third-order valence-corrected chi connectivity index (χ3v) is 6.44. The fourth-order valence-electron chi connectivity index (χ4n) is 3.66. The van der Waals surface area contributed by atoms with Crippen LogP contribution in [0.3, 0.4) is 0 Å². The van der Waals surface area contributed by atoms with E-state index in [0.717, 1.165) is 16.0 Å². The van der Waals surface area contributed by atoms with Gasteiger partial charge in [-0.25, -0.2) is 4.39 Å². The zero-order valence-electron chi connectivity index (χ0n) is 19.2. The maximum Gasteiger partial charge on any atom is 0.407 e. The largest absolute Gasteiger partial charge is 0.407 e. The van der Waals surface area contributed by atoms with Crippen LogP contribution in [0.5, 0.6) is 0 Å². The minimum atomic E-state index is -4.73. The summed E-state index contributed by atoms with van der Waals surface area (Å²) in [5.41, 5.74) is -1.45. The van der Waals surface area contributed by atoms with Crippen molar-refractivity contribution >= 4 is 17.7 Å². The Morgan fingerprint density at radius 2 is 1.59 bits per heavy atom. The zero-order valence-corrected chi connectivity index (χ0v) is 20.0. The van der Waals surface area contributed by atoms with Crippen molar-refractivity contribution in [1.82, 2.24) is 10.6 Å². The number of nitrogens with zero attached hydrogens (tertiary/aromatic N) is 1. The molecule has 3 rings (SSSR count). The predicted molar refractivity (Wildman–Crippen MR) is 125 cm³/mol. The maximum atomic E-state index is 14.4. The Labute approximate surface area is 201 Å². The Hall–Kier alpha value is -2.57. The number of thioether (sulfide) groups is 1. The van der Waals surface area contributed by atoms with Gasteiger partial charge < -0.3 is 5.32 Å². The third kappa shape index (κ3) is 6.73. The summed E-state index contributed by atoms with van der Waals surface area (Å²) in [6.07, 6.45) is -2.41. The van der Waals surface area contributed by atoms with Gasteiger partial charge in [-0.1, -0.05) is 36.4 Å². The molecule has 4 nitrogen and oxygen atoms in total. The maximum absolute atomic E-state index is 14.4. The highest BCUT2D eigenvalue weighted by Crippen LogP contribution is 2.37. The van der Waals surface area contributed by atoms with Crippen LogP contribution in [0.4, 0.5) is 17.6 Å². The van der Waals surface area contributed by atoms with Gasteiger partial charge in [-0.05, 0) is 61.8 Å². The van der Waals surface area contributed by atoms with Crippen LogP contribution in [0.2, 0.25) is 0 Å². The van der Waals surface area contributed by atoms with Gasteiger partial charge in [-0.3, -0.25) is 10.1 Å². The molecule has 2 N–H and O–H groups in total. The average Bonchev–Trinajstić information content (AvgIpc) is 3.55. The molecule has 2 unspecified atom stereocenters. The van der Waals surface area contributed by atoms with Crippen molar-refractivity contribution in [3.05, 3.63) is 54.1 Å². The van der Waals surface area contributed by atoms with Crippen molar-refractivity contribution in [2.45, 2.75) is 67.5 Å². The average molecular weight is 494 g/mol. The molecular weight excluding hydrogens is 466 g/mol. The highest BCUT2D eigenvalue weighted by atomic mass is 32.2. The van der Waals surface area contributed by atoms with E-state index >= 15 is 0 Å². The number of hydrogen-bond acceptors (Lipinski definition) is 4.